The van der Waals surface area contributed by atoms with Crippen molar-refractivity contribution in [1.29, 1.82) is 0 Å². The van der Waals surface area contributed by atoms with Gasteiger partial charge in [-0.25, -0.2) is 8.42 Å². The monoisotopic (exact) mass is 299 g/mol. The summed E-state index contributed by atoms with van der Waals surface area (Å²) >= 11 is 0. The zero-order chi connectivity index (χ0) is 15.2. The molecule has 0 radical (unpaired) electrons. The van der Waals surface area contributed by atoms with E-state index >= 15 is 0 Å². The largest absolute Gasteiger partial charge is 0.387 e. The summed E-state index contributed by atoms with van der Waals surface area (Å²) in [6.07, 6.45) is 5.98. The Hall–Kier alpha value is -1.14. The fraction of sp³-hybridized carbons (Fsp3) is 0.643. The summed E-state index contributed by atoms with van der Waals surface area (Å²) in [5, 5.41) is 2.92. The van der Waals surface area contributed by atoms with Crippen molar-refractivity contribution in [2.75, 3.05) is 18.9 Å². The van der Waals surface area contributed by atoms with Gasteiger partial charge in [-0.15, -0.1) is 0 Å². The molecule has 0 unspecified atom stereocenters. The fourth-order valence-corrected chi connectivity index (χ4v) is 3.91. The molecule has 1 aromatic heterocycles. The minimum Gasteiger partial charge on any atom is -0.387 e. The van der Waals surface area contributed by atoms with E-state index in [2.05, 4.69) is 17.2 Å². The Morgan fingerprint density at radius 1 is 1.35 bits per heavy atom. The second kappa shape index (κ2) is 7.59. The molecule has 0 aliphatic heterocycles. The van der Waals surface area contributed by atoms with Crippen molar-refractivity contribution in [3.63, 3.8) is 0 Å². The van der Waals surface area contributed by atoms with Gasteiger partial charge in [0.2, 0.25) is 10.0 Å². The minimum absolute atomic E-state index is 0.0678. The number of pyridine rings is 1. The van der Waals surface area contributed by atoms with E-state index in [1.54, 1.807) is 23.6 Å². The molecule has 20 heavy (non-hydrogen) atoms. The molecule has 0 amide bonds. The number of sulfonamides is 1. The van der Waals surface area contributed by atoms with Crippen LogP contribution in [0.15, 0.2) is 23.4 Å². The lowest BCUT2D eigenvalue weighted by Gasteiger charge is -2.26. The average molecular weight is 299 g/mol. The third-order valence-corrected chi connectivity index (χ3v) is 5.30. The van der Waals surface area contributed by atoms with Gasteiger partial charge in [0.25, 0.3) is 0 Å². The molecule has 1 N–H and O–H groups in total. The number of aromatic nitrogens is 1. The van der Waals surface area contributed by atoms with Crippen molar-refractivity contribution >= 4 is 15.7 Å². The van der Waals surface area contributed by atoms with Gasteiger partial charge in [-0.05, 0) is 26.3 Å². The van der Waals surface area contributed by atoms with Crippen molar-refractivity contribution in [2.24, 2.45) is 0 Å². The number of hydrogen-bond acceptors (Lipinski definition) is 4. The van der Waals surface area contributed by atoms with Crippen LogP contribution in [0.25, 0.3) is 0 Å². The topological polar surface area (TPSA) is 62.3 Å². The molecule has 0 bridgehead atoms. The van der Waals surface area contributed by atoms with Gasteiger partial charge >= 0.3 is 0 Å². The maximum atomic E-state index is 12.8. The van der Waals surface area contributed by atoms with Gasteiger partial charge in [0, 0.05) is 32.0 Å². The van der Waals surface area contributed by atoms with Gasteiger partial charge in [0.15, 0.2) is 0 Å². The fourth-order valence-electron chi connectivity index (χ4n) is 2.09. The van der Waals surface area contributed by atoms with Crippen LogP contribution in [0.4, 0.5) is 5.69 Å². The van der Waals surface area contributed by atoms with Crippen LogP contribution in [0.1, 0.15) is 40.0 Å². The Kier molecular flexibility index (Phi) is 6.42. The lowest BCUT2D eigenvalue weighted by atomic mass is 10.2. The minimum atomic E-state index is -3.52. The predicted molar refractivity (Wildman–Crippen MR) is 82.3 cm³/mol. The van der Waals surface area contributed by atoms with Crippen LogP contribution in [0.5, 0.6) is 0 Å². The first-order valence-corrected chi connectivity index (χ1v) is 8.52. The summed E-state index contributed by atoms with van der Waals surface area (Å²) in [7, 11) is -1.80. The maximum absolute atomic E-state index is 12.8. The molecule has 1 rings (SSSR count). The zero-order valence-electron chi connectivity index (χ0n) is 12.8. The van der Waals surface area contributed by atoms with Gasteiger partial charge in [0.05, 0.1) is 5.69 Å². The van der Waals surface area contributed by atoms with E-state index in [0.29, 0.717) is 12.2 Å². The van der Waals surface area contributed by atoms with Crippen LogP contribution in [-0.4, -0.2) is 37.3 Å². The maximum Gasteiger partial charge on any atom is 0.246 e. The van der Waals surface area contributed by atoms with E-state index in [4.69, 9.17) is 0 Å². The first-order valence-electron chi connectivity index (χ1n) is 7.08. The molecule has 0 spiro atoms. The molecule has 0 saturated heterocycles. The Bertz CT molecular complexity index is 515. The number of anilines is 1. The molecule has 1 aromatic rings. The molecular formula is C14H25N3O2S. The highest BCUT2D eigenvalue weighted by Crippen LogP contribution is 2.25. The molecule has 114 valence electrons. The van der Waals surface area contributed by atoms with E-state index in [-0.39, 0.29) is 10.9 Å². The lowest BCUT2D eigenvalue weighted by Crippen LogP contribution is -2.38. The van der Waals surface area contributed by atoms with Crippen molar-refractivity contribution in [2.45, 2.75) is 51.0 Å². The lowest BCUT2D eigenvalue weighted by molar-refractivity contribution is 0.345. The van der Waals surface area contributed by atoms with Gasteiger partial charge in [0.1, 0.15) is 4.90 Å². The summed E-state index contributed by atoms with van der Waals surface area (Å²) < 4.78 is 27.1. The van der Waals surface area contributed by atoms with Crippen LogP contribution in [-0.2, 0) is 10.0 Å². The second-order valence-corrected chi connectivity index (χ2v) is 6.90. The van der Waals surface area contributed by atoms with E-state index in [1.807, 2.05) is 13.8 Å². The van der Waals surface area contributed by atoms with Crippen LogP contribution in [0.2, 0.25) is 0 Å². The molecular weight excluding hydrogens is 274 g/mol. The Morgan fingerprint density at radius 3 is 2.60 bits per heavy atom. The standard InChI is InChI=1S/C14H25N3O2S/c1-5-6-7-10-17(12(2)3)20(18,19)14-11-16-9-8-13(14)15-4/h8-9,11-12H,5-7,10H2,1-4H3,(H,15,16). The van der Waals surface area contributed by atoms with Crippen LogP contribution in [0.3, 0.4) is 0 Å². The summed E-state index contributed by atoms with van der Waals surface area (Å²) in [5.74, 6) is 0. The van der Waals surface area contributed by atoms with Gasteiger partial charge in [-0.2, -0.15) is 4.31 Å². The van der Waals surface area contributed by atoms with E-state index in [1.165, 1.54) is 6.20 Å². The highest BCUT2D eigenvalue weighted by molar-refractivity contribution is 7.89. The highest BCUT2D eigenvalue weighted by Gasteiger charge is 2.28. The molecule has 1 heterocycles. The summed E-state index contributed by atoms with van der Waals surface area (Å²) in [6.45, 7) is 6.46. The van der Waals surface area contributed by atoms with Crippen LogP contribution >= 0.6 is 0 Å². The first kappa shape index (κ1) is 16.9. The summed E-state index contributed by atoms with van der Waals surface area (Å²) in [6, 6.07) is 1.61. The molecule has 6 heteroatoms. The number of nitrogens with one attached hydrogen (secondary N) is 1. The third-order valence-electron chi connectivity index (χ3n) is 3.20. The van der Waals surface area contributed by atoms with Crippen molar-refractivity contribution < 1.29 is 8.42 Å². The quantitative estimate of drug-likeness (QED) is 0.750. The second-order valence-electron chi connectivity index (χ2n) is 5.04. The number of rotatable bonds is 8. The normalized spacial score (nSPS) is 12.1. The average Bonchev–Trinajstić information content (AvgIpc) is 2.42. The van der Waals surface area contributed by atoms with Gasteiger partial charge < -0.3 is 5.32 Å². The molecule has 0 fully saturated rings. The summed E-state index contributed by atoms with van der Waals surface area (Å²) in [5.41, 5.74) is 0.584. The van der Waals surface area contributed by atoms with E-state index in [0.717, 1.165) is 19.3 Å². The molecule has 0 saturated carbocycles. The molecule has 5 nitrogen and oxygen atoms in total. The Morgan fingerprint density at radius 2 is 2.05 bits per heavy atom. The molecule has 0 aromatic carbocycles. The van der Waals surface area contributed by atoms with Crippen LogP contribution < -0.4 is 5.32 Å². The smallest absolute Gasteiger partial charge is 0.246 e. The summed E-state index contributed by atoms with van der Waals surface area (Å²) in [4.78, 5) is 4.20. The molecule has 0 aliphatic carbocycles. The first-order chi connectivity index (χ1) is 9.45. The Labute approximate surface area is 122 Å². The third kappa shape index (κ3) is 3.93. The SMILES string of the molecule is CCCCCN(C(C)C)S(=O)(=O)c1cnccc1NC. The molecule has 0 aliphatic rings. The highest BCUT2D eigenvalue weighted by atomic mass is 32.2. The Balaban J connectivity index is 3.09. The van der Waals surface area contributed by atoms with Gasteiger partial charge in [-0.3, -0.25) is 4.98 Å². The predicted octanol–water partition coefficient (Wildman–Crippen LogP) is 2.71. The molecule has 0 atom stereocenters. The zero-order valence-corrected chi connectivity index (χ0v) is 13.6. The number of nitrogens with zero attached hydrogens (tertiary/aromatic N) is 2. The van der Waals surface area contributed by atoms with E-state index < -0.39 is 10.0 Å². The van der Waals surface area contributed by atoms with Crippen molar-refractivity contribution in [1.82, 2.24) is 9.29 Å². The van der Waals surface area contributed by atoms with Crippen molar-refractivity contribution in [3.05, 3.63) is 18.5 Å². The number of hydrogen-bond donors (Lipinski definition) is 1. The van der Waals surface area contributed by atoms with Crippen LogP contribution in [0, 0.1) is 0 Å². The van der Waals surface area contributed by atoms with E-state index in [9.17, 15) is 8.42 Å². The number of unbranched alkanes of at least 4 members (excludes halogenated alkanes) is 2. The van der Waals surface area contributed by atoms with Gasteiger partial charge in [-0.1, -0.05) is 19.8 Å². The van der Waals surface area contributed by atoms with Crippen molar-refractivity contribution in [3.8, 4) is 0 Å².